The molecule has 20 heavy (non-hydrogen) atoms. The molecule has 1 aliphatic rings. The lowest BCUT2D eigenvalue weighted by Gasteiger charge is -2.36. The third-order valence-electron chi connectivity index (χ3n) is 3.70. The number of amides is 3. The SMILES string of the molecule is CC(=O)N(C)C1CCN(C(=O)Nc2ccccn2)CC1. The number of piperidine rings is 1. The number of carbonyl (C=O) groups excluding carboxylic acids is 2. The molecule has 0 spiro atoms. The van der Waals surface area contributed by atoms with E-state index in [9.17, 15) is 9.59 Å². The predicted octanol–water partition coefficient (Wildman–Crippen LogP) is 1.56. The zero-order valence-corrected chi connectivity index (χ0v) is 11.9. The summed E-state index contributed by atoms with van der Waals surface area (Å²) in [6.07, 6.45) is 3.26. The molecule has 2 heterocycles. The lowest BCUT2D eigenvalue weighted by molar-refractivity contribution is -0.130. The highest BCUT2D eigenvalue weighted by atomic mass is 16.2. The first-order chi connectivity index (χ1) is 9.58. The van der Waals surface area contributed by atoms with Crippen LogP contribution in [0.3, 0.4) is 0 Å². The Hall–Kier alpha value is -2.11. The third-order valence-corrected chi connectivity index (χ3v) is 3.70. The van der Waals surface area contributed by atoms with Crippen LogP contribution in [-0.2, 0) is 4.79 Å². The molecule has 0 bridgehead atoms. The van der Waals surface area contributed by atoms with Gasteiger partial charge in [0, 0.05) is 39.3 Å². The molecule has 0 aliphatic carbocycles. The molecule has 1 aromatic rings. The van der Waals surface area contributed by atoms with Gasteiger partial charge in [-0.2, -0.15) is 0 Å². The summed E-state index contributed by atoms with van der Waals surface area (Å²) in [7, 11) is 1.82. The number of anilines is 1. The van der Waals surface area contributed by atoms with Crippen molar-refractivity contribution in [1.82, 2.24) is 14.8 Å². The number of hydrogen-bond donors (Lipinski definition) is 1. The largest absolute Gasteiger partial charge is 0.343 e. The highest BCUT2D eigenvalue weighted by Gasteiger charge is 2.26. The summed E-state index contributed by atoms with van der Waals surface area (Å²) in [5.74, 6) is 0.627. The van der Waals surface area contributed by atoms with Crippen LogP contribution in [-0.4, -0.2) is 52.9 Å². The van der Waals surface area contributed by atoms with Crippen LogP contribution in [0, 0.1) is 0 Å². The van der Waals surface area contributed by atoms with E-state index in [1.54, 1.807) is 35.1 Å². The van der Waals surface area contributed by atoms with Gasteiger partial charge in [0.1, 0.15) is 5.82 Å². The van der Waals surface area contributed by atoms with Gasteiger partial charge in [-0.15, -0.1) is 0 Å². The van der Waals surface area contributed by atoms with E-state index in [-0.39, 0.29) is 18.0 Å². The second-order valence-electron chi connectivity index (χ2n) is 4.99. The lowest BCUT2D eigenvalue weighted by atomic mass is 10.0. The highest BCUT2D eigenvalue weighted by Crippen LogP contribution is 2.16. The Morgan fingerprint density at radius 3 is 2.60 bits per heavy atom. The first-order valence-electron chi connectivity index (χ1n) is 6.78. The van der Waals surface area contributed by atoms with Crippen LogP contribution >= 0.6 is 0 Å². The van der Waals surface area contributed by atoms with E-state index in [1.807, 2.05) is 13.1 Å². The van der Waals surface area contributed by atoms with Gasteiger partial charge < -0.3 is 9.80 Å². The molecule has 2 rings (SSSR count). The van der Waals surface area contributed by atoms with Crippen LogP contribution in [0.15, 0.2) is 24.4 Å². The number of aromatic nitrogens is 1. The molecule has 0 aromatic carbocycles. The monoisotopic (exact) mass is 276 g/mol. The minimum atomic E-state index is -0.132. The average Bonchev–Trinajstić information content (AvgIpc) is 2.47. The second-order valence-corrected chi connectivity index (χ2v) is 4.99. The van der Waals surface area contributed by atoms with Gasteiger partial charge in [0.25, 0.3) is 0 Å². The summed E-state index contributed by atoms with van der Waals surface area (Å²) < 4.78 is 0. The zero-order valence-electron chi connectivity index (χ0n) is 11.9. The predicted molar refractivity (Wildman–Crippen MR) is 76.3 cm³/mol. The highest BCUT2D eigenvalue weighted by molar-refractivity contribution is 5.88. The van der Waals surface area contributed by atoms with Crippen molar-refractivity contribution in [2.45, 2.75) is 25.8 Å². The Kier molecular flexibility index (Phi) is 4.55. The van der Waals surface area contributed by atoms with Crippen LogP contribution in [0.2, 0.25) is 0 Å². The van der Waals surface area contributed by atoms with E-state index >= 15 is 0 Å². The molecule has 0 atom stereocenters. The maximum Gasteiger partial charge on any atom is 0.323 e. The maximum atomic E-state index is 12.1. The van der Waals surface area contributed by atoms with E-state index in [2.05, 4.69) is 10.3 Å². The molecule has 0 unspecified atom stereocenters. The fraction of sp³-hybridized carbons (Fsp3) is 0.500. The van der Waals surface area contributed by atoms with Gasteiger partial charge in [-0.05, 0) is 25.0 Å². The summed E-state index contributed by atoms with van der Waals surface area (Å²) in [5, 5.41) is 2.77. The van der Waals surface area contributed by atoms with Crippen LogP contribution in [0.1, 0.15) is 19.8 Å². The molecule has 6 nitrogen and oxygen atoms in total. The molecular weight excluding hydrogens is 256 g/mol. The van der Waals surface area contributed by atoms with E-state index in [1.165, 1.54) is 0 Å². The van der Waals surface area contributed by atoms with Crippen molar-refractivity contribution in [2.24, 2.45) is 0 Å². The van der Waals surface area contributed by atoms with Gasteiger partial charge in [-0.1, -0.05) is 6.07 Å². The Morgan fingerprint density at radius 1 is 1.35 bits per heavy atom. The van der Waals surface area contributed by atoms with Gasteiger partial charge in [-0.25, -0.2) is 9.78 Å². The summed E-state index contributed by atoms with van der Waals surface area (Å²) in [4.78, 5) is 31.0. The van der Waals surface area contributed by atoms with Crippen LogP contribution in [0.4, 0.5) is 10.6 Å². The van der Waals surface area contributed by atoms with Crippen molar-refractivity contribution in [3.63, 3.8) is 0 Å². The van der Waals surface area contributed by atoms with Gasteiger partial charge in [0.05, 0.1) is 0 Å². The van der Waals surface area contributed by atoms with E-state index < -0.39 is 0 Å². The number of hydrogen-bond acceptors (Lipinski definition) is 3. The van der Waals surface area contributed by atoms with E-state index in [0.717, 1.165) is 12.8 Å². The fourth-order valence-electron chi connectivity index (χ4n) is 2.34. The number of urea groups is 1. The number of likely N-dealkylation sites (tertiary alicyclic amines) is 1. The van der Waals surface area contributed by atoms with E-state index in [0.29, 0.717) is 18.9 Å². The van der Waals surface area contributed by atoms with E-state index in [4.69, 9.17) is 0 Å². The molecule has 1 fully saturated rings. The summed E-state index contributed by atoms with van der Waals surface area (Å²) in [6, 6.07) is 5.49. The lowest BCUT2D eigenvalue weighted by Crippen LogP contribution is -2.48. The topological polar surface area (TPSA) is 65.5 Å². The molecule has 1 N–H and O–H groups in total. The van der Waals surface area contributed by atoms with Gasteiger partial charge in [0.2, 0.25) is 5.91 Å². The molecule has 1 aromatic heterocycles. The first kappa shape index (κ1) is 14.3. The Balaban J connectivity index is 1.84. The van der Waals surface area contributed by atoms with Gasteiger partial charge >= 0.3 is 6.03 Å². The molecule has 1 aliphatic heterocycles. The van der Waals surface area contributed by atoms with Crippen molar-refractivity contribution < 1.29 is 9.59 Å². The first-order valence-corrected chi connectivity index (χ1v) is 6.78. The quantitative estimate of drug-likeness (QED) is 0.891. The minimum Gasteiger partial charge on any atom is -0.343 e. The third kappa shape index (κ3) is 3.46. The van der Waals surface area contributed by atoms with Crippen molar-refractivity contribution >= 4 is 17.8 Å². The molecule has 6 heteroatoms. The minimum absolute atomic E-state index is 0.0707. The summed E-state index contributed by atoms with van der Waals surface area (Å²) in [6.45, 7) is 2.88. The average molecular weight is 276 g/mol. The Labute approximate surface area is 118 Å². The molecule has 3 amide bonds. The smallest absolute Gasteiger partial charge is 0.323 e. The molecule has 1 saturated heterocycles. The van der Waals surface area contributed by atoms with Gasteiger partial charge in [-0.3, -0.25) is 10.1 Å². The number of pyridine rings is 1. The second kappa shape index (κ2) is 6.36. The number of nitrogens with zero attached hydrogens (tertiary/aromatic N) is 3. The van der Waals surface area contributed by atoms with Crippen LogP contribution in [0.5, 0.6) is 0 Å². The van der Waals surface area contributed by atoms with Crippen molar-refractivity contribution in [1.29, 1.82) is 0 Å². The Morgan fingerprint density at radius 2 is 2.05 bits per heavy atom. The fourth-order valence-corrected chi connectivity index (χ4v) is 2.34. The van der Waals surface area contributed by atoms with Crippen LogP contribution < -0.4 is 5.32 Å². The Bertz CT molecular complexity index is 469. The normalized spacial score (nSPS) is 15.8. The summed E-state index contributed by atoms with van der Waals surface area (Å²) >= 11 is 0. The maximum absolute atomic E-state index is 12.1. The van der Waals surface area contributed by atoms with Gasteiger partial charge in [0.15, 0.2) is 0 Å². The molecule has 0 saturated carbocycles. The van der Waals surface area contributed by atoms with Crippen LogP contribution in [0.25, 0.3) is 0 Å². The number of nitrogens with one attached hydrogen (secondary N) is 1. The van der Waals surface area contributed by atoms with Crippen molar-refractivity contribution in [2.75, 3.05) is 25.5 Å². The summed E-state index contributed by atoms with van der Waals surface area (Å²) in [5.41, 5.74) is 0. The standard InChI is InChI=1S/C14H20N4O2/c1-11(19)17(2)12-6-9-18(10-7-12)14(20)16-13-5-3-4-8-15-13/h3-5,8,12H,6-7,9-10H2,1-2H3,(H,15,16,20). The molecule has 0 radical (unpaired) electrons. The van der Waals surface area contributed by atoms with Crippen molar-refractivity contribution in [3.05, 3.63) is 24.4 Å². The number of rotatable bonds is 2. The number of carbonyl (C=O) groups is 2. The van der Waals surface area contributed by atoms with Crippen molar-refractivity contribution in [3.8, 4) is 0 Å². The molecular formula is C14H20N4O2. The zero-order chi connectivity index (χ0) is 14.5. The molecule has 108 valence electrons.